The number of piperidine rings is 1. The van der Waals surface area contributed by atoms with E-state index in [0.29, 0.717) is 6.10 Å². The smallest absolute Gasteiger partial charge is 0.121 e. The number of hydrogen-bond acceptors (Lipinski definition) is 3. The summed E-state index contributed by atoms with van der Waals surface area (Å²) in [4.78, 5) is 7.28. The minimum absolute atomic E-state index is 0.349. The highest BCUT2D eigenvalue weighted by molar-refractivity contribution is 5.75. The molecular formula is C12H15N3O. The van der Waals surface area contributed by atoms with Crippen LogP contribution in [0.3, 0.4) is 0 Å². The van der Waals surface area contributed by atoms with Gasteiger partial charge in [-0.2, -0.15) is 0 Å². The number of hydrogen-bond donors (Lipinski definition) is 2. The van der Waals surface area contributed by atoms with Crippen molar-refractivity contribution in [3.63, 3.8) is 0 Å². The molecule has 0 unspecified atom stereocenters. The van der Waals surface area contributed by atoms with Crippen LogP contribution in [0.1, 0.15) is 12.8 Å². The average molecular weight is 217 g/mol. The van der Waals surface area contributed by atoms with Crippen molar-refractivity contribution in [3.05, 3.63) is 24.5 Å². The molecule has 1 saturated heterocycles. The maximum absolute atomic E-state index is 5.94. The largest absolute Gasteiger partial charge is 0.490 e. The summed E-state index contributed by atoms with van der Waals surface area (Å²) in [6, 6.07) is 6.00. The summed E-state index contributed by atoms with van der Waals surface area (Å²) in [7, 11) is 0. The van der Waals surface area contributed by atoms with Gasteiger partial charge in [0.15, 0.2) is 0 Å². The van der Waals surface area contributed by atoms with Crippen LogP contribution in [-0.4, -0.2) is 29.2 Å². The molecule has 0 radical (unpaired) electrons. The monoisotopic (exact) mass is 217 g/mol. The van der Waals surface area contributed by atoms with E-state index in [2.05, 4.69) is 15.3 Å². The quantitative estimate of drug-likeness (QED) is 0.805. The Balaban J connectivity index is 1.77. The molecule has 84 valence electrons. The van der Waals surface area contributed by atoms with Gasteiger partial charge in [0.1, 0.15) is 11.9 Å². The molecule has 0 amide bonds. The van der Waals surface area contributed by atoms with E-state index in [1.165, 1.54) is 0 Å². The normalized spacial score (nSPS) is 17.8. The molecule has 3 rings (SSSR count). The van der Waals surface area contributed by atoms with Gasteiger partial charge in [-0.3, -0.25) is 0 Å². The van der Waals surface area contributed by atoms with E-state index in [1.807, 2.05) is 18.2 Å². The summed E-state index contributed by atoms with van der Waals surface area (Å²) in [6.45, 7) is 2.11. The number of H-pyrrole nitrogens is 1. The van der Waals surface area contributed by atoms with Crippen LogP contribution in [0, 0.1) is 0 Å². The molecule has 1 aliphatic rings. The Hall–Kier alpha value is -1.55. The summed E-state index contributed by atoms with van der Waals surface area (Å²) >= 11 is 0. The minimum atomic E-state index is 0.349. The van der Waals surface area contributed by atoms with Gasteiger partial charge in [-0.15, -0.1) is 0 Å². The fraction of sp³-hybridized carbons (Fsp3) is 0.417. The minimum Gasteiger partial charge on any atom is -0.490 e. The van der Waals surface area contributed by atoms with Crippen molar-refractivity contribution in [2.75, 3.05) is 13.1 Å². The van der Waals surface area contributed by atoms with Crippen LogP contribution in [-0.2, 0) is 0 Å². The van der Waals surface area contributed by atoms with E-state index >= 15 is 0 Å². The zero-order valence-electron chi connectivity index (χ0n) is 9.07. The number of aromatic amines is 1. The van der Waals surface area contributed by atoms with Crippen LogP contribution in [0.25, 0.3) is 11.0 Å². The van der Waals surface area contributed by atoms with Crippen LogP contribution < -0.4 is 10.1 Å². The first-order valence-electron chi connectivity index (χ1n) is 5.72. The Morgan fingerprint density at radius 2 is 2.12 bits per heavy atom. The molecule has 2 N–H and O–H groups in total. The van der Waals surface area contributed by atoms with Gasteiger partial charge in [0.2, 0.25) is 0 Å². The number of nitrogens with zero attached hydrogens (tertiary/aromatic N) is 1. The highest BCUT2D eigenvalue weighted by atomic mass is 16.5. The number of benzene rings is 1. The van der Waals surface area contributed by atoms with Crippen molar-refractivity contribution in [2.24, 2.45) is 0 Å². The molecule has 4 nitrogen and oxygen atoms in total. The maximum Gasteiger partial charge on any atom is 0.121 e. The summed E-state index contributed by atoms with van der Waals surface area (Å²) < 4.78 is 5.94. The van der Waals surface area contributed by atoms with Gasteiger partial charge >= 0.3 is 0 Å². The van der Waals surface area contributed by atoms with Gasteiger partial charge in [0.25, 0.3) is 0 Å². The van der Waals surface area contributed by atoms with Crippen LogP contribution in [0.4, 0.5) is 0 Å². The molecule has 0 aliphatic carbocycles. The third-order valence-corrected chi connectivity index (χ3v) is 2.98. The SMILES string of the molecule is c1nc2ccc(OC3CCNCC3)cc2[nH]1. The summed E-state index contributed by atoms with van der Waals surface area (Å²) in [5, 5.41) is 3.33. The predicted octanol–water partition coefficient (Wildman–Crippen LogP) is 1.69. The molecule has 1 fully saturated rings. The topological polar surface area (TPSA) is 49.9 Å². The van der Waals surface area contributed by atoms with Crippen LogP contribution in [0.2, 0.25) is 0 Å². The van der Waals surface area contributed by atoms with Crippen molar-refractivity contribution in [3.8, 4) is 5.75 Å². The lowest BCUT2D eigenvalue weighted by Crippen LogP contribution is -2.34. The van der Waals surface area contributed by atoms with E-state index in [4.69, 9.17) is 4.74 Å². The number of imidazole rings is 1. The number of fused-ring (bicyclic) bond motifs is 1. The van der Waals surface area contributed by atoms with Crippen LogP contribution >= 0.6 is 0 Å². The Morgan fingerprint density at radius 1 is 1.25 bits per heavy atom. The van der Waals surface area contributed by atoms with Crippen molar-refractivity contribution in [2.45, 2.75) is 18.9 Å². The van der Waals surface area contributed by atoms with Crippen molar-refractivity contribution in [1.82, 2.24) is 15.3 Å². The van der Waals surface area contributed by atoms with E-state index < -0.39 is 0 Å². The van der Waals surface area contributed by atoms with Crippen LogP contribution in [0.15, 0.2) is 24.5 Å². The Labute approximate surface area is 94.0 Å². The average Bonchev–Trinajstić information content (AvgIpc) is 2.77. The fourth-order valence-electron chi connectivity index (χ4n) is 2.09. The van der Waals surface area contributed by atoms with Crippen LogP contribution in [0.5, 0.6) is 5.75 Å². The van der Waals surface area contributed by atoms with E-state index in [-0.39, 0.29) is 0 Å². The standard InChI is InChI=1S/C12H15N3O/c1-2-11-12(15-8-14-11)7-10(1)16-9-3-5-13-6-4-9/h1-2,7-9,13H,3-6H2,(H,14,15). The van der Waals surface area contributed by atoms with Gasteiger partial charge in [-0.05, 0) is 38.1 Å². The van der Waals surface area contributed by atoms with Gasteiger partial charge in [-0.25, -0.2) is 4.98 Å². The van der Waals surface area contributed by atoms with Crippen molar-refractivity contribution < 1.29 is 4.74 Å². The Kier molecular flexibility index (Phi) is 2.50. The zero-order chi connectivity index (χ0) is 10.8. The summed E-state index contributed by atoms with van der Waals surface area (Å²) in [5.41, 5.74) is 2.02. The second kappa shape index (κ2) is 4.14. The third kappa shape index (κ3) is 1.88. The highest BCUT2D eigenvalue weighted by Crippen LogP contribution is 2.20. The lowest BCUT2D eigenvalue weighted by atomic mass is 10.1. The first-order valence-corrected chi connectivity index (χ1v) is 5.72. The van der Waals surface area contributed by atoms with E-state index in [0.717, 1.165) is 42.7 Å². The predicted molar refractivity (Wildman–Crippen MR) is 62.6 cm³/mol. The highest BCUT2D eigenvalue weighted by Gasteiger charge is 2.14. The lowest BCUT2D eigenvalue weighted by molar-refractivity contribution is 0.162. The van der Waals surface area contributed by atoms with Crippen molar-refractivity contribution >= 4 is 11.0 Å². The second-order valence-electron chi connectivity index (χ2n) is 4.15. The molecule has 2 heterocycles. The Morgan fingerprint density at radius 3 is 3.00 bits per heavy atom. The molecule has 16 heavy (non-hydrogen) atoms. The summed E-state index contributed by atoms with van der Waals surface area (Å²) in [6.07, 6.45) is 4.22. The summed E-state index contributed by atoms with van der Waals surface area (Å²) in [5.74, 6) is 0.934. The first-order chi connectivity index (χ1) is 7.92. The molecule has 0 saturated carbocycles. The maximum atomic E-state index is 5.94. The van der Waals surface area contributed by atoms with Gasteiger partial charge in [-0.1, -0.05) is 0 Å². The number of ether oxygens (including phenoxy) is 1. The van der Waals surface area contributed by atoms with Gasteiger partial charge in [0.05, 0.1) is 17.4 Å². The Bertz CT molecular complexity index is 474. The second-order valence-corrected chi connectivity index (χ2v) is 4.15. The molecule has 0 bridgehead atoms. The molecule has 1 aromatic heterocycles. The molecule has 2 aromatic rings. The van der Waals surface area contributed by atoms with Gasteiger partial charge < -0.3 is 15.0 Å². The number of rotatable bonds is 2. The molecule has 0 spiro atoms. The molecule has 1 aromatic carbocycles. The molecule has 0 atom stereocenters. The van der Waals surface area contributed by atoms with E-state index in [1.54, 1.807) is 6.33 Å². The lowest BCUT2D eigenvalue weighted by Gasteiger charge is -2.23. The number of aromatic nitrogens is 2. The fourth-order valence-corrected chi connectivity index (χ4v) is 2.09. The molecule has 4 heteroatoms. The first kappa shape index (κ1) is 9.66. The molecule has 1 aliphatic heterocycles. The third-order valence-electron chi connectivity index (χ3n) is 2.98. The van der Waals surface area contributed by atoms with Gasteiger partial charge in [0, 0.05) is 6.07 Å². The van der Waals surface area contributed by atoms with E-state index in [9.17, 15) is 0 Å². The molecular weight excluding hydrogens is 202 g/mol. The van der Waals surface area contributed by atoms with Crippen molar-refractivity contribution in [1.29, 1.82) is 0 Å². The zero-order valence-corrected chi connectivity index (χ0v) is 9.07. The number of nitrogens with one attached hydrogen (secondary N) is 2.